The Morgan fingerprint density at radius 3 is 2.13 bits per heavy atom. The zero-order valence-corrected chi connectivity index (χ0v) is 16.4. The van der Waals surface area contributed by atoms with Crippen LogP contribution in [0.25, 0.3) is 0 Å². The molecular weight excluding hydrogens is 312 g/mol. The molecule has 0 aliphatic heterocycles. The first kappa shape index (κ1) is 19.5. The molecule has 6 heteroatoms. The van der Waals surface area contributed by atoms with E-state index in [4.69, 9.17) is 18.6 Å². The highest BCUT2D eigenvalue weighted by atomic mass is 28.4. The predicted octanol–water partition coefficient (Wildman–Crippen LogP) is 3.80. The van der Waals surface area contributed by atoms with Gasteiger partial charge in [0.05, 0.1) is 32.8 Å². The van der Waals surface area contributed by atoms with Crippen LogP contribution in [0.15, 0.2) is 18.2 Å². The number of carbonyl (C=O) groups is 1. The van der Waals surface area contributed by atoms with Crippen molar-refractivity contribution < 1.29 is 23.4 Å². The summed E-state index contributed by atoms with van der Waals surface area (Å²) in [5.41, 5.74) is -0.0843. The largest absolute Gasteiger partial charge is 0.497 e. The number of hydrogen-bond acceptors (Lipinski definition) is 5. The molecule has 0 radical (unpaired) electrons. The second kappa shape index (κ2) is 7.36. The topological polar surface area (TPSA) is 54.0 Å². The monoisotopic (exact) mass is 340 g/mol. The average molecular weight is 340 g/mol. The summed E-state index contributed by atoms with van der Waals surface area (Å²) in [6.45, 7) is 9.89. The molecule has 1 rings (SSSR count). The molecule has 130 valence electrons. The van der Waals surface area contributed by atoms with Crippen LogP contribution in [-0.2, 0) is 14.0 Å². The number of benzene rings is 1. The van der Waals surface area contributed by atoms with E-state index in [2.05, 4.69) is 19.6 Å². The first-order chi connectivity index (χ1) is 10.6. The van der Waals surface area contributed by atoms with Crippen molar-refractivity contribution in [1.82, 2.24) is 0 Å². The maximum absolute atomic E-state index is 12.3. The maximum Gasteiger partial charge on any atom is 0.314 e. The fourth-order valence-electron chi connectivity index (χ4n) is 2.37. The van der Waals surface area contributed by atoms with E-state index < -0.39 is 19.8 Å². The number of carbonyl (C=O) groups excluding carboxylic acids is 1. The van der Waals surface area contributed by atoms with Crippen molar-refractivity contribution in [3.8, 4) is 11.5 Å². The molecule has 1 unspecified atom stereocenters. The van der Waals surface area contributed by atoms with Crippen molar-refractivity contribution in [3.63, 3.8) is 0 Å². The minimum absolute atomic E-state index is 0.328. The van der Waals surface area contributed by atoms with Crippen LogP contribution in [0.5, 0.6) is 11.5 Å². The van der Waals surface area contributed by atoms with Crippen LogP contribution in [0.2, 0.25) is 19.6 Å². The second-order valence-corrected chi connectivity index (χ2v) is 11.4. The third-order valence-corrected chi connectivity index (χ3v) is 4.50. The van der Waals surface area contributed by atoms with Crippen molar-refractivity contribution in [2.75, 3.05) is 21.3 Å². The van der Waals surface area contributed by atoms with Crippen molar-refractivity contribution in [1.29, 1.82) is 0 Å². The Bertz CT molecular complexity index is 548. The highest BCUT2D eigenvalue weighted by molar-refractivity contribution is 6.69. The quantitative estimate of drug-likeness (QED) is 0.558. The number of esters is 1. The van der Waals surface area contributed by atoms with Gasteiger partial charge in [-0.05, 0) is 51.7 Å². The van der Waals surface area contributed by atoms with Gasteiger partial charge in [0.1, 0.15) is 11.5 Å². The summed E-state index contributed by atoms with van der Waals surface area (Å²) >= 11 is 0. The minimum atomic E-state index is -1.94. The van der Waals surface area contributed by atoms with Gasteiger partial charge in [-0.25, -0.2) is 0 Å². The van der Waals surface area contributed by atoms with E-state index in [9.17, 15) is 4.79 Å². The van der Waals surface area contributed by atoms with Crippen LogP contribution in [0, 0.1) is 5.41 Å². The number of rotatable bonds is 7. The molecule has 0 aliphatic carbocycles. The molecule has 5 nitrogen and oxygen atoms in total. The molecule has 0 heterocycles. The van der Waals surface area contributed by atoms with E-state index in [0.29, 0.717) is 11.5 Å². The molecule has 0 spiro atoms. The Labute approximate surface area is 140 Å². The molecular formula is C17H28O5Si. The van der Waals surface area contributed by atoms with Crippen LogP contribution in [0.4, 0.5) is 0 Å². The van der Waals surface area contributed by atoms with Crippen LogP contribution >= 0.6 is 0 Å². The van der Waals surface area contributed by atoms with Crippen LogP contribution in [-0.4, -0.2) is 35.6 Å². The van der Waals surface area contributed by atoms with E-state index in [-0.39, 0.29) is 5.97 Å². The summed E-state index contributed by atoms with van der Waals surface area (Å²) < 4.78 is 22.1. The van der Waals surface area contributed by atoms with Gasteiger partial charge < -0.3 is 18.6 Å². The van der Waals surface area contributed by atoms with Gasteiger partial charge >= 0.3 is 5.97 Å². The van der Waals surface area contributed by atoms with E-state index >= 15 is 0 Å². The van der Waals surface area contributed by atoms with Gasteiger partial charge in [-0.2, -0.15) is 0 Å². The first-order valence-corrected chi connectivity index (χ1v) is 11.0. The zero-order valence-electron chi connectivity index (χ0n) is 15.4. The Morgan fingerprint density at radius 2 is 1.70 bits per heavy atom. The van der Waals surface area contributed by atoms with Crippen molar-refractivity contribution in [2.45, 2.75) is 39.6 Å². The molecule has 0 aliphatic rings. The molecule has 1 aromatic carbocycles. The maximum atomic E-state index is 12.3. The van der Waals surface area contributed by atoms with Gasteiger partial charge in [-0.15, -0.1) is 0 Å². The van der Waals surface area contributed by atoms with E-state index in [0.717, 1.165) is 5.56 Å². The third-order valence-electron chi connectivity index (χ3n) is 3.56. The minimum Gasteiger partial charge on any atom is -0.497 e. The van der Waals surface area contributed by atoms with Crippen molar-refractivity contribution in [3.05, 3.63) is 23.8 Å². The van der Waals surface area contributed by atoms with Crippen molar-refractivity contribution in [2.24, 2.45) is 5.41 Å². The fourth-order valence-corrected chi connectivity index (χ4v) is 3.50. The first-order valence-electron chi connectivity index (χ1n) is 7.55. The van der Waals surface area contributed by atoms with Gasteiger partial charge in [-0.1, -0.05) is 0 Å². The molecule has 1 aromatic rings. The van der Waals surface area contributed by atoms with Gasteiger partial charge in [0, 0.05) is 5.56 Å². The summed E-state index contributed by atoms with van der Waals surface area (Å²) in [4.78, 5) is 12.3. The Morgan fingerprint density at radius 1 is 1.09 bits per heavy atom. The summed E-state index contributed by atoms with van der Waals surface area (Å²) in [6, 6.07) is 5.50. The van der Waals surface area contributed by atoms with Gasteiger partial charge in [-0.3, -0.25) is 4.79 Å². The van der Waals surface area contributed by atoms with E-state index in [1.807, 2.05) is 32.0 Å². The SMILES string of the molecule is COC(=O)C(C)(C)C(O[Si](C)(C)C)c1cc(OC)ccc1OC. The van der Waals surface area contributed by atoms with Crippen LogP contribution in [0.3, 0.4) is 0 Å². The molecule has 0 saturated carbocycles. The molecule has 0 bridgehead atoms. The summed E-state index contributed by atoms with van der Waals surface area (Å²) in [5, 5.41) is 0. The summed E-state index contributed by atoms with van der Waals surface area (Å²) in [6.07, 6.45) is -0.494. The molecule has 23 heavy (non-hydrogen) atoms. The van der Waals surface area contributed by atoms with Crippen LogP contribution < -0.4 is 9.47 Å². The Hall–Kier alpha value is -1.53. The third kappa shape index (κ3) is 4.72. The lowest BCUT2D eigenvalue weighted by Gasteiger charge is -2.37. The van der Waals surface area contributed by atoms with Gasteiger partial charge in [0.15, 0.2) is 8.32 Å². The number of methoxy groups -OCH3 is 3. The molecule has 1 atom stereocenters. The number of ether oxygens (including phenoxy) is 3. The summed E-state index contributed by atoms with van der Waals surface area (Å²) in [7, 11) is 2.65. The van der Waals surface area contributed by atoms with Crippen LogP contribution in [0.1, 0.15) is 25.5 Å². The van der Waals surface area contributed by atoms with Gasteiger partial charge in [0.2, 0.25) is 0 Å². The second-order valence-electron chi connectivity index (χ2n) is 6.93. The van der Waals surface area contributed by atoms with Crippen molar-refractivity contribution >= 4 is 14.3 Å². The molecule has 0 N–H and O–H groups in total. The van der Waals surface area contributed by atoms with Gasteiger partial charge in [0.25, 0.3) is 0 Å². The average Bonchev–Trinajstić information content (AvgIpc) is 2.50. The number of hydrogen-bond donors (Lipinski definition) is 0. The normalized spacial score (nSPS) is 13.4. The Balaban J connectivity index is 3.48. The Kier molecular flexibility index (Phi) is 6.24. The zero-order chi connectivity index (χ0) is 17.8. The smallest absolute Gasteiger partial charge is 0.314 e. The molecule has 0 aromatic heterocycles. The summed E-state index contributed by atoms with van der Waals surface area (Å²) in [5.74, 6) is 1.02. The lowest BCUT2D eigenvalue weighted by molar-refractivity contribution is -0.156. The molecule has 0 saturated heterocycles. The molecule has 0 amide bonds. The fraction of sp³-hybridized carbons (Fsp3) is 0.588. The highest BCUT2D eigenvalue weighted by Gasteiger charge is 2.43. The lowest BCUT2D eigenvalue weighted by Crippen LogP contribution is -2.40. The van der Waals surface area contributed by atoms with E-state index in [1.165, 1.54) is 7.11 Å². The lowest BCUT2D eigenvalue weighted by atomic mass is 9.82. The highest BCUT2D eigenvalue weighted by Crippen LogP contribution is 2.44. The van der Waals surface area contributed by atoms with E-state index in [1.54, 1.807) is 14.2 Å². The molecule has 0 fully saturated rings. The predicted molar refractivity (Wildman–Crippen MR) is 92.5 cm³/mol. The standard InChI is InChI=1S/C17H28O5Si/c1-17(2,16(18)21-5)15(22-23(6,7)8)13-11-12(19-3)9-10-14(13)20-4/h9-11,15H,1-8H3.